The van der Waals surface area contributed by atoms with Crippen molar-refractivity contribution in [2.24, 2.45) is 0 Å². The van der Waals surface area contributed by atoms with E-state index in [-0.39, 0.29) is 5.91 Å². The maximum Gasteiger partial charge on any atom is 0.253 e. The molecule has 0 aliphatic rings. The second kappa shape index (κ2) is 9.77. The van der Waals surface area contributed by atoms with Crippen LogP contribution in [0.5, 0.6) is 0 Å². The molecule has 4 aromatic rings. The molecule has 0 saturated carbocycles. The Bertz CT molecular complexity index is 1290. The minimum absolute atomic E-state index is 0.0245. The van der Waals surface area contributed by atoms with Gasteiger partial charge in [0, 0.05) is 48.7 Å². The molecule has 0 atom stereocenters. The summed E-state index contributed by atoms with van der Waals surface area (Å²) in [6, 6.07) is 15.1. The van der Waals surface area contributed by atoms with Gasteiger partial charge in [-0.05, 0) is 56.2 Å². The number of nitrogens with zero attached hydrogens (tertiary/aromatic N) is 3. The third-order valence-corrected chi connectivity index (χ3v) is 5.97. The van der Waals surface area contributed by atoms with E-state index in [1.54, 1.807) is 31.1 Å². The van der Waals surface area contributed by atoms with Crippen LogP contribution in [0.2, 0.25) is 0 Å². The Morgan fingerprint density at radius 2 is 1.74 bits per heavy atom. The number of fused-ring (bicyclic) bond motifs is 1. The Kier molecular flexibility index (Phi) is 6.80. The number of carbonyl (C=O) groups is 1. The van der Waals surface area contributed by atoms with E-state index in [2.05, 4.69) is 16.9 Å². The predicted octanol–water partition coefficient (Wildman–Crippen LogP) is 6.05. The van der Waals surface area contributed by atoms with Gasteiger partial charge in [-0.25, -0.2) is 0 Å². The lowest BCUT2D eigenvalue weighted by molar-refractivity contribution is 0.0738. The summed E-state index contributed by atoms with van der Waals surface area (Å²) in [6.07, 6.45) is 6.70. The third kappa shape index (κ3) is 5.02. The number of furan rings is 1. The first kappa shape index (κ1) is 23.6. The van der Waals surface area contributed by atoms with Crippen molar-refractivity contribution >= 4 is 17.0 Å². The zero-order valence-corrected chi connectivity index (χ0v) is 20.2. The fourth-order valence-corrected chi connectivity index (χ4v) is 3.94. The van der Waals surface area contributed by atoms with Crippen LogP contribution in [-0.4, -0.2) is 39.5 Å². The molecule has 1 aromatic carbocycles. The topological polar surface area (TPSA) is 79.5 Å². The van der Waals surface area contributed by atoms with Gasteiger partial charge >= 0.3 is 0 Å². The highest BCUT2D eigenvalue weighted by Crippen LogP contribution is 2.34. The van der Waals surface area contributed by atoms with Crippen LogP contribution in [0.25, 0.3) is 33.6 Å². The number of hydrogen-bond donors (Lipinski definition) is 1. The Balaban J connectivity index is 1.61. The normalized spacial score (nSPS) is 11.7. The molecule has 0 bridgehead atoms. The summed E-state index contributed by atoms with van der Waals surface area (Å²) in [6.45, 7) is 6.34. The van der Waals surface area contributed by atoms with Gasteiger partial charge in [-0.3, -0.25) is 14.8 Å². The third-order valence-electron chi connectivity index (χ3n) is 5.97. The fraction of sp³-hybridized carbons (Fsp3) is 0.321. The Hall–Kier alpha value is -3.51. The number of pyridine rings is 2. The van der Waals surface area contributed by atoms with Gasteiger partial charge in [-0.2, -0.15) is 0 Å². The molecule has 0 aliphatic heterocycles. The molecule has 0 aliphatic carbocycles. The van der Waals surface area contributed by atoms with Gasteiger partial charge in [-0.15, -0.1) is 0 Å². The standard InChI is InChI=1S/C28H31N3O3/c1-5-6-7-16-31(4)27(32)20-10-8-19(9-11-20)24-18-23-26(34-24)22(13-15-29-23)21-12-14-30-25(17-21)28(2,3)33/h8-15,17-18,33H,5-7,16H2,1-4H3. The number of carbonyl (C=O) groups excluding carboxylic acids is 1. The molecule has 3 aromatic heterocycles. The van der Waals surface area contributed by atoms with Crippen molar-refractivity contribution in [2.45, 2.75) is 45.6 Å². The van der Waals surface area contributed by atoms with E-state index in [1.807, 2.05) is 55.6 Å². The molecule has 1 N–H and O–H groups in total. The number of rotatable bonds is 8. The molecule has 0 saturated heterocycles. The van der Waals surface area contributed by atoms with Crippen LogP contribution < -0.4 is 0 Å². The highest BCUT2D eigenvalue weighted by molar-refractivity contribution is 5.95. The SMILES string of the molecule is CCCCCN(C)C(=O)c1ccc(-c2cc3nccc(-c4ccnc(C(C)(C)O)c4)c3o2)cc1. The summed E-state index contributed by atoms with van der Waals surface area (Å²) in [7, 11) is 1.85. The van der Waals surface area contributed by atoms with Crippen molar-refractivity contribution in [3.05, 3.63) is 72.2 Å². The van der Waals surface area contributed by atoms with E-state index in [0.717, 1.165) is 48.0 Å². The first-order valence-electron chi connectivity index (χ1n) is 11.7. The quantitative estimate of drug-likeness (QED) is 0.326. The summed E-state index contributed by atoms with van der Waals surface area (Å²) >= 11 is 0. The minimum Gasteiger partial charge on any atom is -0.454 e. The van der Waals surface area contributed by atoms with Gasteiger partial charge in [0.15, 0.2) is 5.58 Å². The Morgan fingerprint density at radius 1 is 1.00 bits per heavy atom. The van der Waals surface area contributed by atoms with Crippen LogP contribution >= 0.6 is 0 Å². The molecule has 34 heavy (non-hydrogen) atoms. The van der Waals surface area contributed by atoms with E-state index in [1.165, 1.54) is 0 Å². The minimum atomic E-state index is -1.04. The maximum absolute atomic E-state index is 12.7. The van der Waals surface area contributed by atoms with Crippen LogP contribution in [0.3, 0.4) is 0 Å². The predicted molar refractivity (Wildman–Crippen MR) is 134 cm³/mol. The monoisotopic (exact) mass is 457 g/mol. The smallest absolute Gasteiger partial charge is 0.253 e. The molecule has 4 rings (SSSR count). The van der Waals surface area contributed by atoms with Crippen molar-refractivity contribution in [1.29, 1.82) is 0 Å². The molecule has 3 heterocycles. The van der Waals surface area contributed by atoms with Crippen LogP contribution in [0.15, 0.2) is 65.3 Å². The van der Waals surface area contributed by atoms with Gasteiger partial charge in [0.05, 0.1) is 5.69 Å². The Labute approximate surface area is 200 Å². The zero-order chi connectivity index (χ0) is 24.3. The van der Waals surface area contributed by atoms with Crippen molar-refractivity contribution in [2.75, 3.05) is 13.6 Å². The summed E-state index contributed by atoms with van der Waals surface area (Å²) in [5, 5.41) is 10.4. The second-order valence-electron chi connectivity index (χ2n) is 9.18. The van der Waals surface area contributed by atoms with Gasteiger partial charge in [0.1, 0.15) is 16.9 Å². The summed E-state index contributed by atoms with van der Waals surface area (Å²) in [5.41, 5.74) is 4.26. The van der Waals surface area contributed by atoms with Crippen LogP contribution in [0, 0.1) is 0 Å². The number of amides is 1. The highest BCUT2D eigenvalue weighted by atomic mass is 16.3. The second-order valence-corrected chi connectivity index (χ2v) is 9.18. The molecule has 0 radical (unpaired) electrons. The largest absolute Gasteiger partial charge is 0.454 e. The van der Waals surface area contributed by atoms with E-state index in [9.17, 15) is 9.90 Å². The van der Waals surface area contributed by atoms with Crippen molar-refractivity contribution in [3.63, 3.8) is 0 Å². The molecule has 0 fully saturated rings. The molecular formula is C28H31N3O3. The van der Waals surface area contributed by atoms with Crippen LogP contribution in [-0.2, 0) is 5.60 Å². The van der Waals surface area contributed by atoms with Gasteiger partial charge in [0.25, 0.3) is 5.91 Å². The summed E-state index contributed by atoms with van der Waals surface area (Å²) in [5.74, 6) is 0.707. The van der Waals surface area contributed by atoms with Crippen molar-refractivity contribution in [3.8, 4) is 22.5 Å². The van der Waals surface area contributed by atoms with E-state index in [0.29, 0.717) is 22.6 Å². The molecule has 0 unspecified atom stereocenters. The van der Waals surface area contributed by atoms with Crippen molar-refractivity contribution in [1.82, 2.24) is 14.9 Å². The van der Waals surface area contributed by atoms with Crippen LogP contribution in [0.1, 0.15) is 56.1 Å². The number of aromatic nitrogens is 2. The summed E-state index contributed by atoms with van der Waals surface area (Å²) < 4.78 is 6.24. The van der Waals surface area contributed by atoms with E-state index < -0.39 is 5.60 Å². The van der Waals surface area contributed by atoms with Crippen molar-refractivity contribution < 1.29 is 14.3 Å². The van der Waals surface area contributed by atoms with E-state index >= 15 is 0 Å². The lowest BCUT2D eigenvalue weighted by Crippen LogP contribution is -2.27. The van der Waals surface area contributed by atoms with Gasteiger partial charge < -0.3 is 14.4 Å². The molecular weight excluding hydrogens is 426 g/mol. The number of benzene rings is 1. The maximum atomic E-state index is 12.7. The average molecular weight is 458 g/mol. The zero-order valence-electron chi connectivity index (χ0n) is 20.2. The first-order chi connectivity index (χ1) is 16.3. The lowest BCUT2D eigenvalue weighted by Gasteiger charge is -2.17. The molecule has 1 amide bonds. The van der Waals surface area contributed by atoms with Gasteiger partial charge in [0.2, 0.25) is 0 Å². The lowest BCUT2D eigenvalue weighted by atomic mass is 10.00. The molecule has 0 spiro atoms. The fourth-order valence-electron chi connectivity index (χ4n) is 3.94. The summed E-state index contributed by atoms with van der Waals surface area (Å²) in [4.78, 5) is 23.2. The molecule has 6 heteroatoms. The number of unbranched alkanes of at least 4 members (excludes halogenated alkanes) is 2. The average Bonchev–Trinajstić information content (AvgIpc) is 3.28. The van der Waals surface area contributed by atoms with E-state index in [4.69, 9.17) is 4.42 Å². The molecule has 176 valence electrons. The Morgan fingerprint density at radius 3 is 2.44 bits per heavy atom. The molecule has 6 nitrogen and oxygen atoms in total. The number of aliphatic hydroxyl groups is 1. The first-order valence-corrected chi connectivity index (χ1v) is 11.7. The highest BCUT2D eigenvalue weighted by Gasteiger charge is 2.20. The van der Waals surface area contributed by atoms with Gasteiger partial charge in [-0.1, -0.05) is 31.9 Å². The number of hydrogen-bond acceptors (Lipinski definition) is 5. The van der Waals surface area contributed by atoms with Crippen LogP contribution in [0.4, 0.5) is 0 Å².